The number of benzene rings is 1. The van der Waals surface area contributed by atoms with Crippen LogP contribution < -0.4 is 4.90 Å². The summed E-state index contributed by atoms with van der Waals surface area (Å²) in [5, 5.41) is 8.53. The number of hydrogen-bond acceptors (Lipinski definition) is 2. The smallest absolute Gasteiger partial charge is 0.328 e. The minimum absolute atomic E-state index is 0.593. The monoisotopic (exact) mass is 233 g/mol. The van der Waals surface area contributed by atoms with Gasteiger partial charge in [-0.1, -0.05) is 12.1 Å². The van der Waals surface area contributed by atoms with Crippen molar-refractivity contribution >= 4 is 11.7 Å². The number of carboxylic acids is 1. The van der Waals surface area contributed by atoms with Gasteiger partial charge in [0.25, 0.3) is 0 Å². The number of aliphatic carboxylic acids is 1. The largest absolute Gasteiger partial charge is 0.478 e. The summed E-state index contributed by atoms with van der Waals surface area (Å²) < 4.78 is 0. The Morgan fingerprint density at radius 3 is 2.41 bits per heavy atom. The molecule has 0 saturated carbocycles. The van der Waals surface area contributed by atoms with Gasteiger partial charge < -0.3 is 10.0 Å². The molecule has 0 unspecified atom stereocenters. The first-order valence-corrected chi connectivity index (χ1v) is 5.60. The topological polar surface area (TPSA) is 40.5 Å². The Bertz CT molecular complexity index is 450. The molecule has 0 bridgehead atoms. The molecule has 3 heteroatoms. The van der Waals surface area contributed by atoms with Crippen molar-refractivity contribution < 1.29 is 9.90 Å². The first kappa shape index (κ1) is 13.3. The van der Waals surface area contributed by atoms with Crippen LogP contribution in [0.15, 0.2) is 24.3 Å². The van der Waals surface area contributed by atoms with Crippen LogP contribution in [0.3, 0.4) is 0 Å². The summed E-state index contributed by atoms with van der Waals surface area (Å²) in [7, 11) is 1.96. The van der Waals surface area contributed by atoms with Gasteiger partial charge in [0, 0.05) is 25.4 Å². The summed E-state index contributed by atoms with van der Waals surface area (Å²) in [5.74, 6) is -0.907. The number of carboxylic acid groups (broad SMARTS) is 1. The molecule has 1 aromatic rings. The molecule has 0 aromatic heterocycles. The average molecular weight is 233 g/mol. The SMILES string of the molecule is Cc1cc(C)c(N(C)C/C=C/C(=O)O)cc1C. The molecule has 0 aliphatic heterocycles. The Kier molecular flexibility index (Phi) is 4.32. The number of likely N-dealkylation sites (N-methyl/N-ethyl adjacent to an activating group) is 1. The van der Waals surface area contributed by atoms with Crippen molar-refractivity contribution in [3.63, 3.8) is 0 Å². The zero-order valence-corrected chi connectivity index (χ0v) is 10.8. The summed E-state index contributed by atoms with van der Waals surface area (Å²) in [5.41, 5.74) is 4.88. The highest BCUT2D eigenvalue weighted by molar-refractivity contribution is 5.79. The van der Waals surface area contributed by atoms with Gasteiger partial charge in [0.1, 0.15) is 0 Å². The van der Waals surface area contributed by atoms with Gasteiger partial charge >= 0.3 is 5.97 Å². The standard InChI is InChI=1S/C14H19NO2/c1-10-8-12(3)13(9-11(10)2)15(4)7-5-6-14(16)17/h5-6,8-9H,7H2,1-4H3,(H,16,17)/b6-5+. The molecule has 17 heavy (non-hydrogen) atoms. The molecule has 0 atom stereocenters. The van der Waals surface area contributed by atoms with Crippen molar-refractivity contribution in [1.29, 1.82) is 0 Å². The van der Waals surface area contributed by atoms with Gasteiger partial charge in [0.2, 0.25) is 0 Å². The van der Waals surface area contributed by atoms with Gasteiger partial charge in [0.05, 0.1) is 0 Å². The number of nitrogens with zero attached hydrogens (tertiary/aromatic N) is 1. The second-order valence-electron chi connectivity index (χ2n) is 4.34. The van der Waals surface area contributed by atoms with E-state index in [4.69, 9.17) is 5.11 Å². The van der Waals surface area contributed by atoms with Crippen LogP contribution in [0.2, 0.25) is 0 Å². The summed E-state index contributed by atoms with van der Waals surface area (Å²) in [6, 6.07) is 4.29. The van der Waals surface area contributed by atoms with Crippen molar-refractivity contribution in [2.24, 2.45) is 0 Å². The minimum Gasteiger partial charge on any atom is -0.478 e. The van der Waals surface area contributed by atoms with E-state index in [2.05, 4.69) is 32.9 Å². The third kappa shape index (κ3) is 3.63. The summed E-state index contributed by atoms with van der Waals surface area (Å²) in [6.45, 7) is 6.84. The van der Waals surface area contributed by atoms with E-state index in [1.807, 2.05) is 11.9 Å². The Morgan fingerprint density at radius 2 is 1.82 bits per heavy atom. The van der Waals surface area contributed by atoms with Crippen molar-refractivity contribution in [3.05, 3.63) is 41.0 Å². The maximum absolute atomic E-state index is 10.4. The van der Waals surface area contributed by atoms with Gasteiger partial charge in [-0.15, -0.1) is 0 Å². The number of hydrogen-bond donors (Lipinski definition) is 1. The van der Waals surface area contributed by atoms with Gasteiger partial charge in [0.15, 0.2) is 0 Å². The molecule has 1 N–H and O–H groups in total. The van der Waals surface area contributed by atoms with Crippen LogP contribution in [0.25, 0.3) is 0 Å². The summed E-state index contributed by atoms with van der Waals surface area (Å²) >= 11 is 0. The first-order chi connectivity index (χ1) is 7.91. The van der Waals surface area contributed by atoms with Crippen LogP contribution in [0.5, 0.6) is 0 Å². The third-order valence-corrected chi connectivity index (χ3v) is 2.86. The average Bonchev–Trinajstić information content (AvgIpc) is 2.22. The zero-order chi connectivity index (χ0) is 13.0. The Hall–Kier alpha value is -1.77. The molecule has 0 amide bonds. The maximum atomic E-state index is 10.4. The van der Waals surface area contributed by atoms with Crippen LogP contribution in [0, 0.1) is 20.8 Å². The quantitative estimate of drug-likeness (QED) is 0.813. The first-order valence-electron chi connectivity index (χ1n) is 5.60. The zero-order valence-electron chi connectivity index (χ0n) is 10.8. The molecule has 92 valence electrons. The normalized spacial score (nSPS) is 10.8. The lowest BCUT2D eigenvalue weighted by atomic mass is 10.0. The Morgan fingerprint density at radius 1 is 1.24 bits per heavy atom. The lowest BCUT2D eigenvalue weighted by Crippen LogP contribution is -2.18. The number of aryl methyl sites for hydroxylation is 3. The van der Waals surface area contributed by atoms with E-state index >= 15 is 0 Å². The van der Waals surface area contributed by atoms with Crippen molar-refractivity contribution in [1.82, 2.24) is 0 Å². The van der Waals surface area contributed by atoms with E-state index in [0.29, 0.717) is 6.54 Å². The molecule has 0 spiro atoms. The molecule has 0 radical (unpaired) electrons. The number of rotatable bonds is 4. The Balaban J connectivity index is 2.85. The van der Waals surface area contributed by atoms with Crippen LogP contribution in [0.4, 0.5) is 5.69 Å². The predicted molar refractivity (Wildman–Crippen MR) is 70.7 cm³/mol. The van der Waals surface area contributed by atoms with E-state index in [1.165, 1.54) is 22.8 Å². The fraction of sp³-hybridized carbons (Fsp3) is 0.357. The lowest BCUT2D eigenvalue weighted by molar-refractivity contribution is -0.131. The minimum atomic E-state index is -0.907. The molecule has 0 heterocycles. The molecular formula is C14H19NO2. The van der Waals surface area contributed by atoms with Crippen LogP contribution in [-0.2, 0) is 4.79 Å². The molecule has 1 rings (SSSR count). The van der Waals surface area contributed by atoms with Crippen molar-refractivity contribution in [2.75, 3.05) is 18.5 Å². The van der Waals surface area contributed by atoms with Gasteiger partial charge in [-0.25, -0.2) is 4.79 Å². The van der Waals surface area contributed by atoms with E-state index in [-0.39, 0.29) is 0 Å². The van der Waals surface area contributed by atoms with Crippen molar-refractivity contribution in [2.45, 2.75) is 20.8 Å². The predicted octanol–water partition coefficient (Wildman–Crippen LogP) is 2.69. The summed E-state index contributed by atoms with van der Waals surface area (Å²) in [6.07, 6.45) is 2.82. The van der Waals surface area contributed by atoms with Crippen LogP contribution in [-0.4, -0.2) is 24.7 Å². The highest BCUT2D eigenvalue weighted by Gasteiger charge is 2.05. The van der Waals surface area contributed by atoms with Gasteiger partial charge in [-0.3, -0.25) is 0 Å². The lowest BCUT2D eigenvalue weighted by Gasteiger charge is -2.21. The molecule has 0 aliphatic carbocycles. The molecule has 0 saturated heterocycles. The van der Waals surface area contributed by atoms with Crippen LogP contribution in [0.1, 0.15) is 16.7 Å². The molecule has 0 aliphatic rings. The van der Waals surface area contributed by atoms with Gasteiger partial charge in [-0.05, 0) is 43.5 Å². The van der Waals surface area contributed by atoms with E-state index < -0.39 is 5.97 Å². The maximum Gasteiger partial charge on any atom is 0.328 e. The second kappa shape index (κ2) is 5.53. The van der Waals surface area contributed by atoms with Crippen LogP contribution >= 0.6 is 0 Å². The van der Waals surface area contributed by atoms with E-state index in [1.54, 1.807) is 6.08 Å². The number of carbonyl (C=O) groups is 1. The fourth-order valence-corrected chi connectivity index (χ4v) is 1.77. The number of anilines is 1. The van der Waals surface area contributed by atoms with E-state index in [0.717, 1.165) is 5.69 Å². The van der Waals surface area contributed by atoms with Gasteiger partial charge in [-0.2, -0.15) is 0 Å². The molecule has 0 fully saturated rings. The molecule has 3 nitrogen and oxygen atoms in total. The third-order valence-electron chi connectivity index (χ3n) is 2.86. The highest BCUT2D eigenvalue weighted by Crippen LogP contribution is 2.22. The summed E-state index contributed by atoms with van der Waals surface area (Å²) in [4.78, 5) is 12.4. The molecule has 1 aromatic carbocycles. The van der Waals surface area contributed by atoms with E-state index in [9.17, 15) is 4.79 Å². The highest BCUT2D eigenvalue weighted by atomic mass is 16.4. The Labute approximate surface area is 102 Å². The second-order valence-corrected chi connectivity index (χ2v) is 4.34. The fourth-order valence-electron chi connectivity index (χ4n) is 1.77. The molecular weight excluding hydrogens is 214 g/mol. The van der Waals surface area contributed by atoms with Crippen molar-refractivity contribution in [3.8, 4) is 0 Å².